The van der Waals surface area contributed by atoms with E-state index in [9.17, 15) is 14.3 Å². The molecule has 2 aromatic rings. The molecule has 0 aliphatic heterocycles. The molecule has 98 valence electrons. The summed E-state index contributed by atoms with van der Waals surface area (Å²) in [5.41, 5.74) is 0.259. The van der Waals surface area contributed by atoms with E-state index in [4.69, 9.17) is 4.74 Å². The van der Waals surface area contributed by atoms with Gasteiger partial charge in [0.05, 0.1) is 12.8 Å². The topological polar surface area (TPSA) is 58.6 Å². The van der Waals surface area contributed by atoms with Crippen LogP contribution >= 0.6 is 0 Å². The van der Waals surface area contributed by atoms with Crippen LogP contribution in [0.25, 0.3) is 0 Å². The van der Waals surface area contributed by atoms with Crippen LogP contribution in [-0.2, 0) is 0 Å². The van der Waals surface area contributed by atoms with Crippen LogP contribution in [0, 0.1) is 5.82 Å². The van der Waals surface area contributed by atoms with Gasteiger partial charge in [0.15, 0.2) is 0 Å². The molecule has 0 unspecified atom stereocenters. The molecule has 0 saturated heterocycles. The van der Waals surface area contributed by atoms with E-state index in [-0.39, 0.29) is 17.0 Å². The van der Waals surface area contributed by atoms with Crippen LogP contribution in [0.4, 0.5) is 10.1 Å². The van der Waals surface area contributed by atoms with Crippen molar-refractivity contribution in [3.63, 3.8) is 0 Å². The Kier molecular flexibility index (Phi) is 3.66. The van der Waals surface area contributed by atoms with Gasteiger partial charge >= 0.3 is 0 Å². The van der Waals surface area contributed by atoms with E-state index in [2.05, 4.69) is 5.32 Å². The molecule has 0 aromatic heterocycles. The minimum Gasteiger partial charge on any atom is -0.508 e. The van der Waals surface area contributed by atoms with Crippen molar-refractivity contribution in [3.05, 3.63) is 53.8 Å². The lowest BCUT2D eigenvalue weighted by Crippen LogP contribution is -2.12. The van der Waals surface area contributed by atoms with Gasteiger partial charge in [-0.15, -0.1) is 0 Å². The zero-order chi connectivity index (χ0) is 13.8. The Bertz CT molecular complexity index is 613. The fraction of sp³-hybridized carbons (Fsp3) is 0.0714. The summed E-state index contributed by atoms with van der Waals surface area (Å²) in [6.07, 6.45) is 0. The molecule has 5 heteroatoms. The van der Waals surface area contributed by atoms with Crippen molar-refractivity contribution >= 4 is 11.6 Å². The smallest absolute Gasteiger partial charge is 0.255 e. The number of phenols is 1. The van der Waals surface area contributed by atoms with E-state index < -0.39 is 11.7 Å². The monoisotopic (exact) mass is 261 g/mol. The van der Waals surface area contributed by atoms with Crippen molar-refractivity contribution in [3.8, 4) is 11.5 Å². The predicted molar refractivity (Wildman–Crippen MR) is 69.0 cm³/mol. The van der Waals surface area contributed by atoms with E-state index >= 15 is 0 Å². The third kappa shape index (κ3) is 3.01. The molecule has 1 amide bonds. The SMILES string of the molecule is COc1ccc(F)c(NC(=O)c2cccc(O)c2)c1. The molecule has 19 heavy (non-hydrogen) atoms. The highest BCUT2D eigenvalue weighted by Gasteiger charge is 2.10. The molecule has 2 rings (SSSR count). The molecule has 0 fully saturated rings. The lowest BCUT2D eigenvalue weighted by Gasteiger charge is -2.08. The molecule has 0 radical (unpaired) electrons. The molecule has 0 bridgehead atoms. The summed E-state index contributed by atoms with van der Waals surface area (Å²) in [4.78, 5) is 11.9. The zero-order valence-electron chi connectivity index (χ0n) is 10.2. The van der Waals surface area contributed by atoms with Crippen LogP contribution in [0.15, 0.2) is 42.5 Å². The number of halogens is 1. The average molecular weight is 261 g/mol. The number of methoxy groups -OCH3 is 1. The first-order chi connectivity index (χ1) is 9.10. The number of nitrogens with one attached hydrogen (secondary N) is 1. The number of benzene rings is 2. The van der Waals surface area contributed by atoms with Gasteiger partial charge in [-0.1, -0.05) is 6.07 Å². The van der Waals surface area contributed by atoms with Gasteiger partial charge in [0.25, 0.3) is 5.91 Å². The standard InChI is InChI=1S/C14H12FNO3/c1-19-11-5-6-12(15)13(8-11)16-14(18)9-3-2-4-10(17)7-9/h2-8,17H,1H3,(H,16,18). The number of ether oxygens (including phenoxy) is 1. The van der Waals surface area contributed by atoms with Crippen molar-refractivity contribution in [2.75, 3.05) is 12.4 Å². The molecule has 0 heterocycles. The minimum absolute atomic E-state index is 0.0210. The van der Waals surface area contributed by atoms with Crippen LogP contribution in [0.5, 0.6) is 11.5 Å². The van der Waals surface area contributed by atoms with Crippen LogP contribution < -0.4 is 10.1 Å². The number of rotatable bonds is 3. The number of anilines is 1. The third-order valence-electron chi connectivity index (χ3n) is 2.53. The maximum absolute atomic E-state index is 13.5. The predicted octanol–water partition coefficient (Wildman–Crippen LogP) is 2.79. The summed E-state index contributed by atoms with van der Waals surface area (Å²) < 4.78 is 18.5. The first kappa shape index (κ1) is 12.9. The van der Waals surface area contributed by atoms with Gasteiger partial charge in [-0.2, -0.15) is 0 Å². The third-order valence-corrected chi connectivity index (χ3v) is 2.53. The summed E-state index contributed by atoms with van der Waals surface area (Å²) in [5.74, 6) is -0.663. The van der Waals surface area contributed by atoms with Crippen LogP contribution in [0.2, 0.25) is 0 Å². The van der Waals surface area contributed by atoms with Crippen LogP contribution in [0.3, 0.4) is 0 Å². The summed E-state index contributed by atoms with van der Waals surface area (Å²) in [5, 5.41) is 11.7. The number of hydrogen-bond acceptors (Lipinski definition) is 3. The Morgan fingerprint density at radius 1 is 1.26 bits per heavy atom. The van der Waals surface area contributed by atoms with Gasteiger partial charge in [0.1, 0.15) is 17.3 Å². The molecule has 2 aromatic carbocycles. The average Bonchev–Trinajstić information content (AvgIpc) is 2.41. The second-order valence-corrected chi connectivity index (χ2v) is 3.85. The van der Waals surface area contributed by atoms with Crippen molar-refractivity contribution < 1.29 is 19.0 Å². The van der Waals surface area contributed by atoms with Crippen molar-refractivity contribution in [1.82, 2.24) is 0 Å². The lowest BCUT2D eigenvalue weighted by atomic mass is 10.2. The first-order valence-corrected chi connectivity index (χ1v) is 5.54. The summed E-state index contributed by atoms with van der Waals surface area (Å²) >= 11 is 0. The summed E-state index contributed by atoms with van der Waals surface area (Å²) in [6, 6.07) is 9.85. The second-order valence-electron chi connectivity index (χ2n) is 3.85. The van der Waals surface area contributed by atoms with Crippen LogP contribution in [-0.4, -0.2) is 18.1 Å². The van der Waals surface area contributed by atoms with Crippen LogP contribution in [0.1, 0.15) is 10.4 Å². The summed E-state index contributed by atoms with van der Waals surface area (Å²) in [7, 11) is 1.45. The highest BCUT2D eigenvalue weighted by molar-refractivity contribution is 6.04. The van der Waals surface area contributed by atoms with Gasteiger partial charge in [-0.05, 0) is 30.3 Å². The van der Waals surface area contributed by atoms with Gasteiger partial charge in [0, 0.05) is 11.6 Å². The molecule has 0 aliphatic carbocycles. The second kappa shape index (κ2) is 5.39. The molecule has 0 atom stereocenters. The van der Waals surface area contributed by atoms with E-state index in [0.717, 1.165) is 0 Å². The number of aromatic hydroxyl groups is 1. The number of hydrogen-bond donors (Lipinski definition) is 2. The molecular weight excluding hydrogens is 249 g/mol. The number of carbonyl (C=O) groups is 1. The maximum Gasteiger partial charge on any atom is 0.255 e. The molecule has 0 saturated carbocycles. The van der Waals surface area contributed by atoms with Gasteiger partial charge < -0.3 is 15.2 Å². The number of phenolic OH excluding ortho intramolecular Hbond substituents is 1. The fourth-order valence-electron chi connectivity index (χ4n) is 1.57. The quantitative estimate of drug-likeness (QED) is 0.893. The van der Waals surface area contributed by atoms with E-state index in [1.165, 1.54) is 49.6 Å². The largest absolute Gasteiger partial charge is 0.508 e. The highest BCUT2D eigenvalue weighted by atomic mass is 19.1. The highest BCUT2D eigenvalue weighted by Crippen LogP contribution is 2.22. The minimum atomic E-state index is -0.561. The Hall–Kier alpha value is -2.56. The molecular formula is C14H12FNO3. The van der Waals surface area contributed by atoms with E-state index in [1.54, 1.807) is 0 Å². The Labute approximate surface area is 109 Å². The van der Waals surface area contributed by atoms with E-state index in [1.807, 2.05) is 0 Å². The molecule has 4 nitrogen and oxygen atoms in total. The maximum atomic E-state index is 13.5. The van der Waals surface area contributed by atoms with Gasteiger partial charge in [-0.3, -0.25) is 4.79 Å². The van der Waals surface area contributed by atoms with E-state index in [0.29, 0.717) is 5.75 Å². The fourth-order valence-corrected chi connectivity index (χ4v) is 1.57. The van der Waals surface area contributed by atoms with Crippen molar-refractivity contribution in [2.45, 2.75) is 0 Å². The first-order valence-electron chi connectivity index (χ1n) is 5.54. The Morgan fingerprint density at radius 3 is 2.74 bits per heavy atom. The normalized spacial score (nSPS) is 10.0. The van der Waals surface area contributed by atoms with Gasteiger partial charge in [-0.25, -0.2) is 4.39 Å². The number of amides is 1. The Morgan fingerprint density at radius 2 is 2.05 bits per heavy atom. The van der Waals surface area contributed by atoms with Gasteiger partial charge in [0.2, 0.25) is 0 Å². The zero-order valence-corrected chi connectivity index (χ0v) is 10.2. The molecule has 0 aliphatic rings. The summed E-state index contributed by atoms with van der Waals surface area (Å²) in [6.45, 7) is 0. The molecule has 0 spiro atoms. The van der Waals surface area contributed by atoms with Crippen molar-refractivity contribution in [2.24, 2.45) is 0 Å². The Balaban J connectivity index is 2.23. The molecule has 2 N–H and O–H groups in total. The van der Waals surface area contributed by atoms with Crippen molar-refractivity contribution in [1.29, 1.82) is 0 Å². The number of carbonyl (C=O) groups excluding carboxylic acids is 1. The lowest BCUT2D eigenvalue weighted by molar-refractivity contribution is 0.102.